The fourth-order valence-electron chi connectivity index (χ4n) is 3.72. The lowest BCUT2D eigenvalue weighted by molar-refractivity contribution is 0.204. The van der Waals surface area contributed by atoms with Gasteiger partial charge in [-0.2, -0.15) is 4.98 Å². The second-order valence-electron chi connectivity index (χ2n) is 6.80. The molecule has 2 aliphatic carbocycles. The van der Waals surface area contributed by atoms with Crippen LogP contribution in [0.4, 0.5) is 10.6 Å². The lowest BCUT2D eigenvalue weighted by Gasteiger charge is -2.20. The number of urea groups is 1. The molecule has 23 heavy (non-hydrogen) atoms. The summed E-state index contributed by atoms with van der Waals surface area (Å²) in [5.41, 5.74) is 0. The van der Waals surface area contributed by atoms with E-state index in [0.29, 0.717) is 34.8 Å². The molecule has 1 aromatic heterocycles. The van der Waals surface area contributed by atoms with Crippen LogP contribution in [-0.4, -0.2) is 46.1 Å². The average Bonchev–Trinajstić information content (AvgIpc) is 3.10. The van der Waals surface area contributed by atoms with E-state index in [2.05, 4.69) is 20.6 Å². The minimum atomic E-state index is 0.108. The quantitative estimate of drug-likeness (QED) is 0.817. The molecule has 4 rings (SSSR count). The molecule has 1 aliphatic heterocycles. The fourth-order valence-corrected chi connectivity index (χ4v) is 4.00. The Balaban J connectivity index is 1.33. The number of aromatic nitrogens is 2. The maximum atomic E-state index is 12.1. The zero-order valence-corrected chi connectivity index (χ0v) is 14.1. The van der Waals surface area contributed by atoms with Crippen molar-refractivity contribution >= 4 is 35.1 Å². The molecule has 1 aromatic rings. The van der Waals surface area contributed by atoms with Crippen LogP contribution >= 0.6 is 23.2 Å². The number of amides is 2. The highest BCUT2D eigenvalue weighted by Crippen LogP contribution is 2.39. The van der Waals surface area contributed by atoms with Crippen molar-refractivity contribution in [1.82, 2.24) is 20.2 Å². The molecule has 2 unspecified atom stereocenters. The Bertz CT molecular complexity index is 610. The molecule has 2 N–H and O–H groups in total. The Labute approximate surface area is 144 Å². The molecular formula is C15H19Cl2N5O. The smallest absolute Gasteiger partial charge is 0.317 e. The highest BCUT2D eigenvalue weighted by atomic mass is 35.5. The van der Waals surface area contributed by atoms with Crippen LogP contribution in [0.2, 0.25) is 10.3 Å². The van der Waals surface area contributed by atoms with Crippen molar-refractivity contribution in [2.75, 3.05) is 18.4 Å². The van der Waals surface area contributed by atoms with Crippen LogP contribution in [0.3, 0.4) is 0 Å². The Hall–Kier alpha value is -1.27. The standard InChI is InChI=1S/C15H19Cl2N5O/c16-12-5-18-14(17)21-13(12)19-11-3-8-6-22(7-9(8)4-11)15(23)20-10-1-2-10/h5,8-11H,1-4,6-7H2,(H,20,23)(H,18,19,21). The molecule has 3 aliphatic rings. The highest BCUT2D eigenvalue weighted by molar-refractivity contribution is 6.33. The number of hydrogen-bond acceptors (Lipinski definition) is 4. The molecule has 2 saturated carbocycles. The van der Waals surface area contributed by atoms with Crippen molar-refractivity contribution in [1.29, 1.82) is 0 Å². The topological polar surface area (TPSA) is 70.2 Å². The molecule has 1 saturated heterocycles. The van der Waals surface area contributed by atoms with Crippen molar-refractivity contribution < 1.29 is 4.79 Å². The summed E-state index contributed by atoms with van der Waals surface area (Å²) < 4.78 is 0. The van der Waals surface area contributed by atoms with Crippen molar-refractivity contribution in [3.8, 4) is 0 Å². The van der Waals surface area contributed by atoms with Gasteiger partial charge in [0.15, 0.2) is 0 Å². The summed E-state index contributed by atoms with van der Waals surface area (Å²) in [6, 6.07) is 0.848. The Morgan fingerprint density at radius 1 is 1.17 bits per heavy atom. The van der Waals surface area contributed by atoms with E-state index < -0.39 is 0 Å². The summed E-state index contributed by atoms with van der Waals surface area (Å²) in [5, 5.41) is 7.13. The predicted octanol–water partition coefficient (Wildman–Crippen LogP) is 2.78. The van der Waals surface area contributed by atoms with Gasteiger partial charge in [-0.25, -0.2) is 9.78 Å². The van der Waals surface area contributed by atoms with Crippen molar-refractivity contribution in [3.63, 3.8) is 0 Å². The van der Waals surface area contributed by atoms with Gasteiger partial charge in [-0.15, -0.1) is 0 Å². The number of nitrogens with zero attached hydrogens (tertiary/aromatic N) is 3. The number of halogens is 2. The summed E-state index contributed by atoms with van der Waals surface area (Å²) >= 11 is 11.9. The summed E-state index contributed by atoms with van der Waals surface area (Å²) in [6.45, 7) is 1.69. The van der Waals surface area contributed by atoms with E-state index in [1.165, 1.54) is 6.20 Å². The molecular weight excluding hydrogens is 337 g/mol. The summed E-state index contributed by atoms with van der Waals surface area (Å²) in [6.07, 6.45) is 5.81. The molecule has 2 atom stereocenters. The van der Waals surface area contributed by atoms with Crippen LogP contribution in [0.25, 0.3) is 0 Å². The van der Waals surface area contributed by atoms with E-state index in [1.807, 2.05) is 4.90 Å². The number of fused-ring (bicyclic) bond motifs is 1. The molecule has 2 amide bonds. The molecule has 124 valence electrons. The largest absolute Gasteiger partial charge is 0.366 e. The SMILES string of the molecule is O=C(NC1CC1)N1CC2CC(Nc3nc(Cl)ncc3Cl)CC2C1. The number of carbonyl (C=O) groups is 1. The number of hydrogen-bond donors (Lipinski definition) is 2. The lowest BCUT2D eigenvalue weighted by atomic mass is 10.0. The first-order valence-corrected chi connectivity index (χ1v) is 8.84. The van der Waals surface area contributed by atoms with Crippen LogP contribution in [0.1, 0.15) is 25.7 Å². The molecule has 0 aromatic carbocycles. The molecule has 8 heteroatoms. The highest BCUT2D eigenvalue weighted by Gasteiger charge is 2.43. The van der Waals surface area contributed by atoms with Crippen molar-refractivity contribution in [2.24, 2.45) is 11.8 Å². The van der Waals surface area contributed by atoms with Crippen LogP contribution in [0.5, 0.6) is 0 Å². The maximum absolute atomic E-state index is 12.1. The van der Waals surface area contributed by atoms with E-state index in [9.17, 15) is 4.79 Å². The third-order valence-electron chi connectivity index (χ3n) is 5.00. The van der Waals surface area contributed by atoms with Gasteiger partial charge in [0, 0.05) is 25.2 Å². The zero-order valence-electron chi connectivity index (χ0n) is 12.6. The molecule has 2 heterocycles. The van der Waals surface area contributed by atoms with Gasteiger partial charge in [-0.1, -0.05) is 11.6 Å². The molecule has 3 fully saturated rings. The second kappa shape index (κ2) is 5.98. The Morgan fingerprint density at radius 3 is 2.52 bits per heavy atom. The Kier molecular flexibility index (Phi) is 3.97. The first-order chi connectivity index (χ1) is 11.1. The number of rotatable bonds is 3. The molecule has 0 spiro atoms. The molecule has 6 nitrogen and oxygen atoms in total. The van der Waals surface area contributed by atoms with Gasteiger partial charge in [0.2, 0.25) is 5.28 Å². The molecule has 0 bridgehead atoms. The van der Waals surface area contributed by atoms with E-state index >= 15 is 0 Å². The van der Waals surface area contributed by atoms with Gasteiger partial charge in [0.1, 0.15) is 10.8 Å². The first-order valence-electron chi connectivity index (χ1n) is 8.08. The van der Waals surface area contributed by atoms with Gasteiger partial charge >= 0.3 is 6.03 Å². The Morgan fingerprint density at radius 2 is 1.87 bits per heavy atom. The number of likely N-dealkylation sites (tertiary alicyclic amines) is 1. The van der Waals surface area contributed by atoms with Gasteiger partial charge in [0.25, 0.3) is 0 Å². The summed E-state index contributed by atoms with van der Waals surface area (Å²) in [5.74, 6) is 1.70. The number of nitrogens with one attached hydrogen (secondary N) is 2. The van der Waals surface area contributed by atoms with Crippen LogP contribution < -0.4 is 10.6 Å². The van der Waals surface area contributed by atoms with Crippen molar-refractivity contribution in [2.45, 2.75) is 37.8 Å². The lowest BCUT2D eigenvalue weighted by Crippen LogP contribution is -2.40. The van der Waals surface area contributed by atoms with Crippen molar-refractivity contribution in [3.05, 3.63) is 16.5 Å². The summed E-state index contributed by atoms with van der Waals surface area (Å²) in [7, 11) is 0. The van der Waals surface area contributed by atoms with E-state index in [1.54, 1.807) is 0 Å². The van der Waals surface area contributed by atoms with Gasteiger partial charge in [-0.05, 0) is 49.1 Å². The second-order valence-corrected chi connectivity index (χ2v) is 7.54. The van der Waals surface area contributed by atoms with Crippen LogP contribution in [-0.2, 0) is 0 Å². The van der Waals surface area contributed by atoms with E-state index in [-0.39, 0.29) is 11.3 Å². The van der Waals surface area contributed by atoms with Crippen LogP contribution in [0.15, 0.2) is 6.20 Å². The number of carbonyl (C=O) groups excluding carboxylic acids is 1. The zero-order chi connectivity index (χ0) is 16.0. The third-order valence-corrected chi connectivity index (χ3v) is 5.46. The number of anilines is 1. The normalized spacial score (nSPS) is 29.5. The van der Waals surface area contributed by atoms with E-state index in [4.69, 9.17) is 23.2 Å². The van der Waals surface area contributed by atoms with E-state index in [0.717, 1.165) is 38.8 Å². The molecule has 0 radical (unpaired) electrons. The first kappa shape index (κ1) is 15.3. The van der Waals surface area contributed by atoms with Gasteiger partial charge in [-0.3, -0.25) is 0 Å². The third kappa shape index (κ3) is 3.33. The average molecular weight is 356 g/mol. The maximum Gasteiger partial charge on any atom is 0.317 e. The summed E-state index contributed by atoms with van der Waals surface area (Å²) in [4.78, 5) is 22.1. The predicted molar refractivity (Wildman–Crippen MR) is 88.8 cm³/mol. The fraction of sp³-hybridized carbons (Fsp3) is 0.667. The van der Waals surface area contributed by atoms with Crippen LogP contribution in [0, 0.1) is 11.8 Å². The van der Waals surface area contributed by atoms with Gasteiger partial charge < -0.3 is 15.5 Å². The monoisotopic (exact) mass is 355 g/mol. The minimum Gasteiger partial charge on any atom is -0.366 e. The minimum absolute atomic E-state index is 0.108. The van der Waals surface area contributed by atoms with Gasteiger partial charge in [0.05, 0.1) is 6.20 Å².